The fraction of sp³-hybridized carbons (Fsp3) is 0.478. The molecule has 1 saturated heterocycles. The van der Waals surface area contributed by atoms with Crippen LogP contribution in [0.25, 0.3) is 11.1 Å². The van der Waals surface area contributed by atoms with E-state index in [1.807, 2.05) is 0 Å². The first-order valence-corrected chi connectivity index (χ1v) is 11.7. The van der Waals surface area contributed by atoms with Crippen LogP contribution in [0.2, 0.25) is 0 Å². The third kappa shape index (κ3) is 4.78. The van der Waals surface area contributed by atoms with Crippen LogP contribution in [0.15, 0.2) is 45.3 Å². The summed E-state index contributed by atoms with van der Waals surface area (Å²) in [5, 5.41) is 0. The second kappa shape index (κ2) is 10.0. The van der Waals surface area contributed by atoms with Gasteiger partial charge in [0.05, 0.1) is 39.6 Å². The van der Waals surface area contributed by atoms with Crippen LogP contribution in [0.1, 0.15) is 24.0 Å². The Balaban J connectivity index is 1.68. The number of benzene rings is 2. The zero-order valence-electron chi connectivity index (χ0n) is 16.4. The topological polar surface area (TPSA) is 36.9 Å². The summed E-state index contributed by atoms with van der Waals surface area (Å²) < 4.78 is 25.2. The van der Waals surface area contributed by atoms with Crippen molar-refractivity contribution in [2.75, 3.05) is 52.9 Å². The summed E-state index contributed by atoms with van der Waals surface area (Å²) in [4.78, 5) is 0. The highest BCUT2D eigenvalue weighted by molar-refractivity contribution is 9.10. The van der Waals surface area contributed by atoms with Crippen molar-refractivity contribution in [3.8, 4) is 11.1 Å². The lowest BCUT2D eigenvalue weighted by molar-refractivity contribution is 0.000930. The molecule has 1 aliphatic carbocycles. The average molecular weight is 526 g/mol. The Hall–Kier alpha value is -0.760. The number of halogens is 2. The molecule has 2 aromatic carbocycles. The zero-order valence-corrected chi connectivity index (χ0v) is 19.6. The van der Waals surface area contributed by atoms with Gasteiger partial charge in [0, 0.05) is 27.6 Å². The highest BCUT2D eigenvalue weighted by Crippen LogP contribution is 2.53. The second-order valence-electron chi connectivity index (χ2n) is 7.41. The molecular formula is C23H26Br2O4. The van der Waals surface area contributed by atoms with Crippen LogP contribution in [0, 0.1) is 0 Å². The van der Waals surface area contributed by atoms with Crippen molar-refractivity contribution in [3.05, 3.63) is 56.5 Å². The van der Waals surface area contributed by atoms with E-state index in [1.165, 1.54) is 22.3 Å². The van der Waals surface area contributed by atoms with E-state index >= 15 is 0 Å². The zero-order chi connectivity index (χ0) is 20.1. The largest absolute Gasteiger partial charge is 0.379 e. The smallest absolute Gasteiger partial charge is 0.0701 e. The predicted molar refractivity (Wildman–Crippen MR) is 121 cm³/mol. The van der Waals surface area contributed by atoms with Crippen molar-refractivity contribution in [2.24, 2.45) is 0 Å². The fourth-order valence-electron chi connectivity index (χ4n) is 4.36. The van der Waals surface area contributed by atoms with E-state index in [2.05, 4.69) is 68.3 Å². The summed E-state index contributed by atoms with van der Waals surface area (Å²) in [6.45, 7) is 4.93. The molecule has 0 atom stereocenters. The minimum Gasteiger partial charge on any atom is -0.379 e. The predicted octanol–water partition coefficient (Wildman–Crippen LogP) is 5.34. The van der Waals surface area contributed by atoms with E-state index in [0.29, 0.717) is 52.9 Å². The van der Waals surface area contributed by atoms with Gasteiger partial charge in [0.25, 0.3) is 0 Å². The molecular weight excluding hydrogens is 500 g/mol. The Morgan fingerprint density at radius 2 is 0.931 bits per heavy atom. The third-order valence-electron chi connectivity index (χ3n) is 5.75. The van der Waals surface area contributed by atoms with Crippen molar-refractivity contribution in [1.29, 1.82) is 0 Å². The van der Waals surface area contributed by atoms with Gasteiger partial charge in [0.1, 0.15) is 0 Å². The summed E-state index contributed by atoms with van der Waals surface area (Å²) >= 11 is 7.37. The highest BCUT2D eigenvalue weighted by Gasteiger charge is 2.43. The molecule has 0 aromatic heterocycles. The molecule has 0 amide bonds. The Labute approximate surface area is 189 Å². The number of hydrogen-bond donors (Lipinski definition) is 0. The van der Waals surface area contributed by atoms with Crippen molar-refractivity contribution < 1.29 is 18.9 Å². The van der Waals surface area contributed by atoms with Crippen LogP contribution >= 0.6 is 31.9 Å². The van der Waals surface area contributed by atoms with Crippen LogP contribution in [0.4, 0.5) is 0 Å². The molecule has 0 unspecified atom stereocenters. The van der Waals surface area contributed by atoms with Crippen molar-refractivity contribution in [3.63, 3.8) is 0 Å². The summed E-state index contributed by atoms with van der Waals surface area (Å²) in [5.74, 6) is 0. The lowest BCUT2D eigenvalue weighted by Gasteiger charge is -2.32. The van der Waals surface area contributed by atoms with E-state index in [1.54, 1.807) is 0 Å². The van der Waals surface area contributed by atoms with Gasteiger partial charge >= 0.3 is 0 Å². The van der Waals surface area contributed by atoms with Crippen molar-refractivity contribution in [1.82, 2.24) is 0 Å². The SMILES string of the molecule is Brc1ccc2c(c1)C1(CCOCCOCCOCCOCC1)c1cc(Br)ccc1-2. The van der Waals surface area contributed by atoms with Crippen molar-refractivity contribution >= 4 is 31.9 Å². The van der Waals surface area contributed by atoms with Crippen LogP contribution in [0.5, 0.6) is 0 Å². The Kier molecular flexibility index (Phi) is 7.43. The maximum atomic E-state index is 5.96. The van der Waals surface area contributed by atoms with Gasteiger partial charge in [-0.05, 0) is 59.4 Å². The number of fused-ring (bicyclic) bond motifs is 5. The minimum absolute atomic E-state index is 0.139. The molecule has 0 bridgehead atoms. The Bertz CT molecular complexity index is 770. The van der Waals surface area contributed by atoms with Gasteiger partial charge in [-0.25, -0.2) is 0 Å². The number of ether oxygens (including phenoxy) is 4. The first kappa shape index (κ1) is 21.5. The number of rotatable bonds is 0. The van der Waals surface area contributed by atoms with E-state index in [-0.39, 0.29) is 5.41 Å². The Morgan fingerprint density at radius 3 is 1.34 bits per heavy atom. The van der Waals surface area contributed by atoms with Gasteiger partial charge in [-0.1, -0.05) is 44.0 Å². The van der Waals surface area contributed by atoms with Crippen LogP contribution in [-0.4, -0.2) is 52.9 Å². The van der Waals surface area contributed by atoms with Crippen LogP contribution in [-0.2, 0) is 24.4 Å². The molecule has 2 aliphatic rings. The lowest BCUT2D eigenvalue weighted by atomic mass is 9.73. The summed E-state index contributed by atoms with van der Waals surface area (Å²) in [6, 6.07) is 13.2. The van der Waals surface area contributed by atoms with Gasteiger partial charge in [-0.15, -0.1) is 0 Å². The monoisotopic (exact) mass is 524 g/mol. The van der Waals surface area contributed by atoms with Crippen molar-refractivity contribution in [2.45, 2.75) is 18.3 Å². The van der Waals surface area contributed by atoms with E-state index in [0.717, 1.165) is 21.8 Å². The molecule has 1 heterocycles. The van der Waals surface area contributed by atoms with E-state index < -0.39 is 0 Å². The molecule has 0 saturated carbocycles. The van der Waals surface area contributed by atoms with Crippen LogP contribution in [0.3, 0.4) is 0 Å². The van der Waals surface area contributed by atoms with Gasteiger partial charge in [-0.3, -0.25) is 0 Å². The first-order chi connectivity index (χ1) is 14.2. The standard InChI is InChI=1S/C23H26Br2O4/c24-17-1-3-19-20-4-2-18(25)16-22(20)23(21(19)15-17)5-7-26-9-11-28-13-14-29-12-10-27-8-6-23/h1-4,15-16H,5-14H2. The molecule has 156 valence electrons. The number of hydrogen-bond acceptors (Lipinski definition) is 4. The third-order valence-corrected chi connectivity index (χ3v) is 6.73. The summed E-state index contributed by atoms with van der Waals surface area (Å²) in [7, 11) is 0. The highest BCUT2D eigenvalue weighted by atomic mass is 79.9. The van der Waals surface area contributed by atoms with Gasteiger partial charge in [0.15, 0.2) is 0 Å². The molecule has 1 aliphatic heterocycles. The molecule has 0 radical (unpaired) electrons. The van der Waals surface area contributed by atoms with E-state index in [9.17, 15) is 0 Å². The van der Waals surface area contributed by atoms with E-state index in [4.69, 9.17) is 18.9 Å². The molecule has 1 spiro atoms. The quantitative estimate of drug-likeness (QED) is 0.465. The summed E-state index contributed by atoms with van der Waals surface area (Å²) in [6.07, 6.45) is 1.81. The molecule has 4 nitrogen and oxygen atoms in total. The Morgan fingerprint density at radius 1 is 0.552 bits per heavy atom. The molecule has 4 rings (SSSR count). The maximum Gasteiger partial charge on any atom is 0.0701 e. The molecule has 29 heavy (non-hydrogen) atoms. The maximum absolute atomic E-state index is 5.96. The molecule has 0 N–H and O–H groups in total. The normalized spacial score (nSPS) is 20.5. The average Bonchev–Trinajstić information content (AvgIpc) is 2.96. The molecule has 1 fully saturated rings. The first-order valence-electron chi connectivity index (χ1n) is 10.1. The fourth-order valence-corrected chi connectivity index (χ4v) is 5.08. The van der Waals surface area contributed by atoms with Gasteiger partial charge < -0.3 is 18.9 Å². The summed E-state index contributed by atoms with van der Waals surface area (Å²) in [5.41, 5.74) is 5.17. The molecule has 6 heteroatoms. The lowest BCUT2D eigenvalue weighted by Crippen LogP contribution is -2.29. The van der Waals surface area contributed by atoms with Crippen LogP contribution < -0.4 is 0 Å². The second-order valence-corrected chi connectivity index (χ2v) is 9.24. The van der Waals surface area contributed by atoms with Gasteiger partial charge in [-0.2, -0.15) is 0 Å². The minimum atomic E-state index is -0.139. The molecule has 2 aromatic rings. The van der Waals surface area contributed by atoms with Gasteiger partial charge in [0.2, 0.25) is 0 Å².